The fraction of sp³-hybridized carbons (Fsp3) is 0.636. The van der Waals surface area contributed by atoms with E-state index < -0.39 is 28.8 Å². The van der Waals surface area contributed by atoms with E-state index in [0.29, 0.717) is 14.7 Å². The van der Waals surface area contributed by atoms with Crippen LogP contribution < -0.4 is 5.73 Å². The molecule has 0 saturated heterocycles. The summed E-state index contributed by atoms with van der Waals surface area (Å²) in [7, 11) is -4.22. The van der Waals surface area contributed by atoms with E-state index in [4.69, 9.17) is 5.73 Å². The molecule has 0 fully saturated rings. The first-order chi connectivity index (χ1) is 9.00. The third kappa shape index (κ3) is 3.72. The zero-order valence-electron chi connectivity index (χ0n) is 11.4. The number of hydrogen-bond donors (Lipinski definition) is 1. The second-order valence-corrected chi connectivity index (χ2v) is 7.43. The van der Waals surface area contributed by atoms with Gasteiger partial charge in [-0.1, -0.05) is 0 Å². The summed E-state index contributed by atoms with van der Waals surface area (Å²) in [5, 5.41) is 1.58. The third-order valence-electron chi connectivity index (χ3n) is 2.65. The van der Waals surface area contributed by atoms with Gasteiger partial charge in [-0.3, -0.25) is 0 Å². The molecule has 0 unspecified atom stereocenters. The fourth-order valence-electron chi connectivity index (χ4n) is 1.81. The summed E-state index contributed by atoms with van der Waals surface area (Å²) in [6.07, 6.45) is -4.59. The van der Waals surface area contributed by atoms with E-state index in [0.717, 1.165) is 11.3 Å². The van der Waals surface area contributed by atoms with E-state index in [-0.39, 0.29) is 11.4 Å². The molecule has 0 aromatic carbocycles. The summed E-state index contributed by atoms with van der Waals surface area (Å²) in [6.45, 7) is 2.84. The lowest BCUT2D eigenvalue weighted by Crippen LogP contribution is -2.43. The molecule has 0 radical (unpaired) electrons. The van der Waals surface area contributed by atoms with E-state index in [2.05, 4.69) is 0 Å². The maximum atomic E-state index is 12.6. The SMILES string of the molecule is Cc1csc(CN)c1S(=O)(=O)N(CC(F)(F)F)C(C)C. The van der Waals surface area contributed by atoms with Crippen LogP contribution in [0.1, 0.15) is 24.3 Å². The lowest BCUT2D eigenvalue weighted by atomic mass is 10.3. The Labute approximate surface area is 120 Å². The van der Waals surface area contributed by atoms with Crippen molar-refractivity contribution in [2.45, 2.75) is 44.4 Å². The van der Waals surface area contributed by atoms with Gasteiger partial charge in [-0.15, -0.1) is 11.3 Å². The normalized spacial score (nSPS) is 13.4. The van der Waals surface area contributed by atoms with Crippen LogP contribution >= 0.6 is 11.3 Å². The van der Waals surface area contributed by atoms with Gasteiger partial charge in [-0.05, 0) is 31.7 Å². The van der Waals surface area contributed by atoms with Gasteiger partial charge in [0, 0.05) is 17.5 Å². The molecule has 20 heavy (non-hydrogen) atoms. The van der Waals surface area contributed by atoms with Crippen molar-refractivity contribution in [1.29, 1.82) is 0 Å². The van der Waals surface area contributed by atoms with Crippen LogP contribution in [0.15, 0.2) is 10.3 Å². The molecule has 1 aromatic rings. The second-order valence-electron chi connectivity index (χ2n) is 4.63. The number of nitrogens with two attached hydrogens (primary N) is 1. The maximum absolute atomic E-state index is 12.6. The third-order valence-corrected chi connectivity index (χ3v) is 6.16. The van der Waals surface area contributed by atoms with Crippen LogP contribution in [0.2, 0.25) is 0 Å². The lowest BCUT2D eigenvalue weighted by Gasteiger charge is -2.27. The second kappa shape index (κ2) is 6.00. The van der Waals surface area contributed by atoms with E-state index in [1.807, 2.05) is 0 Å². The number of hydrogen-bond acceptors (Lipinski definition) is 4. The number of sulfonamides is 1. The highest BCUT2D eigenvalue weighted by Crippen LogP contribution is 2.32. The van der Waals surface area contributed by atoms with Crippen molar-refractivity contribution >= 4 is 21.4 Å². The Morgan fingerprint density at radius 3 is 2.35 bits per heavy atom. The number of thiophene rings is 1. The average molecular weight is 330 g/mol. The standard InChI is InChI=1S/C11H17F3N2O2S2/c1-7(2)16(6-11(12,13)14)20(17,18)10-8(3)5-19-9(10)4-15/h5,7H,4,6,15H2,1-3H3. The van der Waals surface area contributed by atoms with E-state index >= 15 is 0 Å². The molecule has 0 amide bonds. The maximum Gasteiger partial charge on any atom is 0.402 e. The highest BCUT2D eigenvalue weighted by Gasteiger charge is 2.40. The molecule has 1 heterocycles. The van der Waals surface area contributed by atoms with Gasteiger partial charge in [0.15, 0.2) is 0 Å². The van der Waals surface area contributed by atoms with Crippen LogP contribution in [0.4, 0.5) is 13.2 Å². The molecule has 0 aliphatic heterocycles. The molecule has 116 valence electrons. The van der Waals surface area contributed by atoms with Crippen LogP contribution in [0.25, 0.3) is 0 Å². The van der Waals surface area contributed by atoms with Gasteiger partial charge in [-0.2, -0.15) is 17.5 Å². The highest BCUT2D eigenvalue weighted by atomic mass is 32.2. The highest BCUT2D eigenvalue weighted by molar-refractivity contribution is 7.89. The monoisotopic (exact) mass is 330 g/mol. The van der Waals surface area contributed by atoms with Crippen molar-refractivity contribution < 1.29 is 21.6 Å². The van der Waals surface area contributed by atoms with Crippen LogP contribution in [-0.4, -0.2) is 31.5 Å². The fourth-order valence-corrected chi connectivity index (χ4v) is 5.09. The van der Waals surface area contributed by atoms with Crippen molar-refractivity contribution in [3.8, 4) is 0 Å². The Bertz CT molecular complexity index is 565. The predicted octanol–water partition coefficient (Wildman–Crippen LogP) is 2.48. The zero-order chi connectivity index (χ0) is 15.7. The number of aryl methyl sites for hydroxylation is 1. The number of halogens is 3. The van der Waals surface area contributed by atoms with Crippen LogP contribution in [-0.2, 0) is 16.6 Å². The first-order valence-electron chi connectivity index (χ1n) is 5.86. The Hall–Kier alpha value is -0.640. The number of rotatable bonds is 5. The number of alkyl halides is 3. The molecule has 2 N–H and O–H groups in total. The molecule has 4 nitrogen and oxygen atoms in total. The van der Waals surface area contributed by atoms with Crippen molar-refractivity contribution in [2.24, 2.45) is 5.73 Å². The molecule has 0 atom stereocenters. The number of nitrogens with zero attached hydrogens (tertiary/aromatic N) is 1. The molecule has 0 aliphatic carbocycles. The minimum Gasteiger partial charge on any atom is -0.326 e. The summed E-state index contributed by atoms with van der Waals surface area (Å²) < 4.78 is 63.2. The largest absolute Gasteiger partial charge is 0.402 e. The van der Waals surface area contributed by atoms with E-state index in [1.54, 1.807) is 12.3 Å². The quantitative estimate of drug-likeness (QED) is 0.902. The van der Waals surface area contributed by atoms with E-state index in [9.17, 15) is 21.6 Å². The topological polar surface area (TPSA) is 63.4 Å². The van der Waals surface area contributed by atoms with Gasteiger partial charge < -0.3 is 5.73 Å². The van der Waals surface area contributed by atoms with E-state index in [1.165, 1.54) is 13.8 Å². The Kier molecular flexibility index (Phi) is 5.23. The van der Waals surface area contributed by atoms with Gasteiger partial charge in [0.05, 0.1) is 0 Å². The van der Waals surface area contributed by atoms with Crippen LogP contribution in [0.5, 0.6) is 0 Å². The van der Waals surface area contributed by atoms with Crippen molar-refractivity contribution in [2.75, 3.05) is 6.54 Å². The zero-order valence-corrected chi connectivity index (χ0v) is 13.0. The molecule has 0 saturated carbocycles. The Balaban J connectivity index is 3.34. The molecular weight excluding hydrogens is 313 g/mol. The minimum absolute atomic E-state index is 0.0228. The van der Waals surface area contributed by atoms with Crippen LogP contribution in [0.3, 0.4) is 0 Å². The molecule has 0 bridgehead atoms. The summed E-state index contributed by atoms with van der Waals surface area (Å²) >= 11 is 1.14. The molecule has 9 heteroatoms. The molecule has 1 rings (SSSR count). The smallest absolute Gasteiger partial charge is 0.326 e. The lowest BCUT2D eigenvalue weighted by molar-refractivity contribution is -0.138. The first kappa shape index (κ1) is 17.4. The molecular formula is C11H17F3N2O2S2. The Morgan fingerprint density at radius 1 is 1.40 bits per heavy atom. The van der Waals surface area contributed by atoms with Crippen molar-refractivity contribution in [3.63, 3.8) is 0 Å². The van der Waals surface area contributed by atoms with Gasteiger partial charge in [0.25, 0.3) is 0 Å². The first-order valence-corrected chi connectivity index (χ1v) is 8.18. The van der Waals surface area contributed by atoms with Crippen LogP contribution in [0, 0.1) is 6.92 Å². The van der Waals surface area contributed by atoms with Gasteiger partial charge in [-0.25, -0.2) is 8.42 Å². The molecule has 0 spiro atoms. The minimum atomic E-state index is -4.59. The molecule has 0 aliphatic rings. The summed E-state index contributed by atoms with van der Waals surface area (Å²) in [6, 6.07) is -0.799. The van der Waals surface area contributed by atoms with Crippen molar-refractivity contribution in [1.82, 2.24) is 4.31 Å². The van der Waals surface area contributed by atoms with Crippen molar-refractivity contribution in [3.05, 3.63) is 15.8 Å². The summed E-state index contributed by atoms with van der Waals surface area (Å²) in [4.78, 5) is 0.276. The molecule has 1 aromatic heterocycles. The average Bonchev–Trinajstić information content (AvgIpc) is 2.66. The summed E-state index contributed by atoms with van der Waals surface area (Å²) in [5.74, 6) is 0. The summed E-state index contributed by atoms with van der Waals surface area (Å²) in [5.41, 5.74) is 5.89. The Morgan fingerprint density at radius 2 is 1.95 bits per heavy atom. The predicted molar refractivity (Wildman–Crippen MR) is 72.0 cm³/mol. The van der Waals surface area contributed by atoms with Gasteiger partial charge in [0.2, 0.25) is 10.0 Å². The van der Waals surface area contributed by atoms with Gasteiger partial charge in [0.1, 0.15) is 11.4 Å². The van der Waals surface area contributed by atoms with Gasteiger partial charge >= 0.3 is 6.18 Å².